The summed E-state index contributed by atoms with van der Waals surface area (Å²) in [6, 6.07) is 11.5. The Kier molecular flexibility index (Phi) is 4.02. The zero-order valence-electron chi connectivity index (χ0n) is 13.1. The molecule has 3 aromatic rings. The molecule has 0 unspecified atom stereocenters. The van der Waals surface area contributed by atoms with Gasteiger partial charge in [0, 0.05) is 12.1 Å². The summed E-state index contributed by atoms with van der Waals surface area (Å²) in [6.07, 6.45) is 2.30. The Morgan fingerprint density at radius 1 is 1.08 bits per heavy atom. The topological polar surface area (TPSA) is 85.6 Å². The molecule has 0 bridgehead atoms. The van der Waals surface area contributed by atoms with Crippen LogP contribution in [0.2, 0.25) is 0 Å². The number of sulfonamides is 1. The molecule has 1 heterocycles. The lowest BCUT2D eigenvalue weighted by Crippen LogP contribution is -2.11. The Morgan fingerprint density at radius 2 is 1.79 bits per heavy atom. The summed E-state index contributed by atoms with van der Waals surface area (Å²) >= 11 is 0. The highest BCUT2D eigenvalue weighted by Gasteiger charge is 2.14. The van der Waals surface area contributed by atoms with E-state index in [1.54, 1.807) is 12.1 Å². The third-order valence-corrected chi connectivity index (χ3v) is 3.90. The van der Waals surface area contributed by atoms with Crippen LogP contribution < -0.4 is 14.9 Å². The van der Waals surface area contributed by atoms with E-state index in [-0.39, 0.29) is 22.4 Å². The third-order valence-electron chi connectivity index (χ3n) is 3.31. The molecular formula is C17H15NO5S. The number of anilines is 1. The molecule has 1 aromatic heterocycles. The van der Waals surface area contributed by atoms with Gasteiger partial charge in [-0.2, -0.15) is 0 Å². The van der Waals surface area contributed by atoms with Crippen molar-refractivity contribution in [2.75, 3.05) is 11.0 Å². The van der Waals surface area contributed by atoms with Crippen molar-refractivity contribution in [1.82, 2.24) is 0 Å². The normalized spacial score (nSPS) is 11.4. The van der Waals surface area contributed by atoms with Gasteiger partial charge in [-0.1, -0.05) is 17.7 Å². The highest BCUT2D eigenvalue weighted by Crippen LogP contribution is 2.33. The summed E-state index contributed by atoms with van der Waals surface area (Å²) in [6.45, 7) is 1.95. The first-order chi connectivity index (χ1) is 11.3. The maximum atomic E-state index is 12.0. The molecule has 1 N–H and O–H groups in total. The number of benzene rings is 2. The number of fused-ring (bicyclic) bond motifs is 1. The zero-order valence-corrected chi connectivity index (χ0v) is 13.9. The minimum atomic E-state index is -3.53. The van der Waals surface area contributed by atoms with E-state index in [0.29, 0.717) is 11.1 Å². The summed E-state index contributed by atoms with van der Waals surface area (Å²) in [5.41, 5.74) is 1.29. The molecule has 0 aliphatic carbocycles. The second-order valence-corrected chi connectivity index (χ2v) is 7.17. The Labute approximate surface area is 138 Å². The SMILES string of the molecule is Cc1ccc(Oc2cc3c(=O)ccoc3cc2NS(C)(=O)=O)cc1. The molecule has 0 aliphatic heterocycles. The first kappa shape index (κ1) is 16.1. The minimum Gasteiger partial charge on any atom is -0.464 e. The Balaban J connectivity index is 2.14. The molecular weight excluding hydrogens is 330 g/mol. The number of aryl methyl sites for hydroxylation is 1. The van der Waals surface area contributed by atoms with Crippen molar-refractivity contribution in [3.8, 4) is 11.5 Å². The van der Waals surface area contributed by atoms with E-state index < -0.39 is 10.0 Å². The van der Waals surface area contributed by atoms with Crippen molar-refractivity contribution in [2.24, 2.45) is 0 Å². The second-order valence-electron chi connectivity index (χ2n) is 5.42. The van der Waals surface area contributed by atoms with Crippen LogP contribution in [-0.2, 0) is 10.0 Å². The fourth-order valence-electron chi connectivity index (χ4n) is 2.21. The van der Waals surface area contributed by atoms with Gasteiger partial charge in [0.2, 0.25) is 10.0 Å². The molecule has 0 radical (unpaired) electrons. The van der Waals surface area contributed by atoms with Gasteiger partial charge in [0.25, 0.3) is 0 Å². The van der Waals surface area contributed by atoms with Crippen molar-refractivity contribution in [3.63, 3.8) is 0 Å². The fourth-order valence-corrected chi connectivity index (χ4v) is 2.77. The molecule has 7 heteroatoms. The van der Waals surface area contributed by atoms with Crippen LogP contribution in [0.1, 0.15) is 5.56 Å². The number of hydrogen-bond donors (Lipinski definition) is 1. The molecule has 0 fully saturated rings. The summed E-state index contributed by atoms with van der Waals surface area (Å²) in [5, 5.41) is 0.304. The van der Waals surface area contributed by atoms with E-state index in [0.717, 1.165) is 11.8 Å². The average molecular weight is 345 g/mol. The smallest absolute Gasteiger partial charge is 0.229 e. The van der Waals surface area contributed by atoms with E-state index in [1.807, 2.05) is 19.1 Å². The largest absolute Gasteiger partial charge is 0.464 e. The number of rotatable bonds is 4. The molecule has 6 nitrogen and oxygen atoms in total. The molecule has 0 saturated heterocycles. The average Bonchev–Trinajstić information content (AvgIpc) is 2.49. The van der Waals surface area contributed by atoms with Crippen LogP contribution in [0.4, 0.5) is 5.69 Å². The molecule has 0 saturated carbocycles. The van der Waals surface area contributed by atoms with Crippen LogP contribution in [0.3, 0.4) is 0 Å². The predicted molar refractivity (Wildman–Crippen MR) is 92.2 cm³/mol. The van der Waals surface area contributed by atoms with Gasteiger partial charge in [0.05, 0.1) is 23.6 Å². The molecule has 124 valence electrons. The first-order valence-electron chi connectivity index (χ1n) is 7.10. The van der Waals surface area contributed by atoms with Crippen LogP contribution in [-0.4, -0.2) is 14.7 Å². The van der Waals surface area contributed by atoms with Crippen molar-refractivity contribution < 1.29 is 17.6 Å². The lowest BCUT2D eigenvalue weighted by atomic mass is 10.2. The van der Waals surface area contributed by atoms with E-state index in [9.17, 15) is 13.2 Å². The van der Waals surface area contributed by atoms with Crippen molar-refractivity contribution in [1.29, 1.82) is 0 Å². The maximum Gasteiger partial charge on any atom is 0.229 e. The van der Waals surface area contributed by atoms with Gasteiger partial charge in [0.1, 0.15) is 11.3 Å². The summed E-state index contributed by atoms with van der Waals surface area (Å²) < 4.78 is 36.6. The molecule has 0 aliphatic rings. The summed E-state index contributed by atoms with van der Waals surface area (Å²) in [4.78, 5) is 12.0. The molecule has 0 amide bonds. The van der Waals surface area contributed by atoms with E-state index in [4.69, 9.17) is 9.15 Å². The van der Waals surface area contributed by atoms with Crippen LogP contribution >= 0.6 is 0 Å². The quantitative estimate of drug-likeness (QED) is 0.784. The molecule has 2 aromatic carbocycles. The van der Waals surface area contributed by atoms with Gasteiger partial charge in [-0.15, -0.1) is 0 Å². The van der Waals surface area contributed by atoms with Crippen molar-refractivity contribution in [3.05, 3.63) is 64.5 Å². The van der Waals surface area contributed by atoms with Gasteiger partial charge < -0.3 is 9.15 Å². The standard InChI is InChI=1S/C17H15NO5S/c1-11-3-5-12(6-4-11)23-17-9-13-15(19)7-8-22-16(13)10-14(17)18-24(2,20)21/h3-10,18H,1-2H3. The van der Waals surface area contributed by atoms with Crippen molar-refractivity contribution >= 4 is 26.7 Å². The van der Waals surface area contributed by atoms with Gasteiger partial charge >= 0.3 is 0 Å². The highest BCUT2D eigenvalue weighted by atomic mass is 32.2. The van der Waals surface area contributed by atoms with Crippen LogP contribution in [0.25, 0.3) is 11.0 Å². The molecule has 0 atom stereocenters. The van der Waals surface area contributed by atoms with Gasteiger partial charge in [-0.25, -0.2) is 8.42 Å². The minimum absolute atomic E-state index is 0.194. The van der Waals surface area contributed by atoms with Gasteiger partial charge in [-0.3, -0.25) is 9.52 Å². The first-order valence-corrected chi connectivity index (χ1v) is 8.99. The van der Waals surface area contributed by atoms with Crippen LogP contribution in [0, 0.1) is 6.92 Å². The summed E-state index contributed by atoms with van der Waals surface area (Å²) in [5.74, 6) is 0.743. The van der Waals surface area contributed by atoms with Crippen LogP contribution in [0.5, 0.6) is 11.5 Å². The predicted octanol–water partition coefficient (Wildman–Crippen LogP) is 3.27. The third kappa shape index (κ3) is 3.57. The lowest BCUT2D eigenvalue weighted by molar-refractivity contribution is 0.484. The van der Waals surface area contributed by atoms with E-state index >= 15 is 0 Å². The highest BCUT2D eigenvalue weighted by molar-refractivity contribution is 7.92. The Morgan fingerprint density at radius 3 is 2.46 bits per heavy atom. The monoisotopic (exact) mass is 345 g/mol. The van der Waals surface area contributed by atoms with Crippen LogP contribution in [0.15, 0.2) is 57.9 Å². The Hall–Kier alpha value is -2.80. The number of nitrogens with one attached hydrogen (secondary N) is 1. The molecule has 24 heavy (non-hydrogen) atoms. The van der Waals surface area contributed by atoms with Gasteiger partial charge in [-0.05, 0) is 25.1 Å². The summed E-state index contributed by atoms with van der Waals surface area (Å²) in [7, 11) is -3.53. The molecule has 3 rings (SSSR count). The Bertz CT molecular complexity index is 1050. The second kappa shape index (κ2) is 6.01. The van der Waals surface area contributed by atoms with E-state index in [2.05, 4.69) is 4.72 Å². The van der Waals surface area contributed by atoms with E-state index in [1.165, 1.54) is 24.5 Å². The lowest BCUT2D eigenvalue weighted by Gasteiger charge is -2.13. The molecule has 0 spiro atoms. The van der Waals surface area contributed by atoms with Gasteiger partial charge in [0.15, 0.2) is 11.2 Å². The number of hydrogen-bond acceptors (Lipinski definition) is 5. The van der Waals surface area contributed by atoms with Crippen molar-refractivity contribution in [2.45, 2.75) is 6.92 Å². The number of ether oxygens (including phenoxy) is 1. The zero-order chi connectivity index (χ0) is 17.3. The fraction of sp³-hybridized carbons (Fsp3) is 0.118. The maximum absolute atomic E-state index is 12.0.